The van der Waals surface area contributed by atoms with E-state index in [1.807, 2.05) is 70.2 Å². The van der Waals surface area contributed by atoms with E-state index < -0.39 is 76.9 Å². The van der Waals surface area contributed by atoms with Crippen molar-refractivity contribution in [2.24, 2.45) is 0 Å². The van der Waals surface area contributed by atoms with Crippen LogP contribution in [0.25, 0.3) is 27.2 Å². The largest absolute Gasteiger partial charge is 0.509 e. The Kier molecular flexibility index (Phi) is 21.8. The fourth-order valence-corrected chi connectivity index (χ4v) is 11.8. The Morgan fingerprint density at radius 1 is 0.978 bits per heavy atom. The lowest BCUT2D eigenvalue weighted by atomic mass is 9.96. The molecule has 0 spiro atoms. The highest BCUT2D eigenvalue weighted by Crippen LogP contribution is 2.38. The molecule has 1 unspecified atom stereocenters. The number of para-hydroxylation sites is 1. The molecule has 0 radical (unpaired) electrons. The number of aromatic nitrogens is 7. The second-order valence-corrected chi connectivity index (χ2v) is 25.9. The number of carbonyl (C=O) groups is 7. The van der Waals surface area contributed by atoms with Crippen molar-refractivity contribution < 1.29 is 65.7 Å². The number of nitrogens with zero attached hydrogens (tertiary/aromatic N) is 9. The van der Waals surface area contributed by atoms with Gasteiger partial charge < -0.3 is 49.9 Å². The number of hydrogen-bond acceptors (Lipinski definition) is 23. The number of rotatable bonds is 28. The lowest BCUT2D eigenvalue weighted by Crippen LogP contribution is -2.50. The number of esters is 1. The molecule has 0 saturated carbocycles. The smallest absolute Gasteiger partial charge is 0.458 e. The monoisotopic (exact) mass is 1280 g/mol. The van der Waals surface area contributed by atoms with E-state index in [2.05, 4.69) is 46.5 Å². The van der Waals surface area contributed by atoms with Crippen molar-refractivity contribution in [3.8, 4) is 10.6 Å². The maximum Gasteiger partial charge on any atom is 0.509 e. The summed E-state index contributed by atoms with van der Waals surface area (Å²) in [7, 11) is -1.70. The second-order valence-electron chi connectivity index (χ2n) is 22.4. The molecular formula is C59H69N13O14S3. The lowest BCUT2D eigenvalue weighted by molar-refractivity contribution is -0.153. The van der Waals surface area contributed by atoms with Gasteiger partial charge in [0.2, 0.25) is 33.8 Å². The molecule has 0 bridgehead atoms. The highest BCUT2D eigenvalue weighted by Gasteiger charge is 2.37. The maximum absolute atomic E-state index is 13.2. The first-order valence-corrected chi connectivity index (χ1v) is 31.9. The molecule has 6 aromatic rings. The minimum atomic E-state index is -3.51. The van der Waals surface area contributed by atoms with Crippen LogP contribution in [-0.4, -0.2) is 177 Å². The van der Waals surface area contributed by atoms with Crippen molar-refractivity contribution in [3.05, 3.63) is 123 Å². The zero-order valence-corrected chi connectivity index (χ0v) is 52.9. The van der Waals surface area contributed by atoms with E-state index >= 15 is 0 Å². The Balaban J connectivity index is 0.736. The molecule has 0 fully saturated rings. The summed E-state index contributed by atoms with van der Waals surface area (Å²) in [5.41, 5.74) is 4.33. The summed E-state index contributed by atoms with van der Waals surface area (Å²) >= 11 is 2.74. The third kappa shape index (κ3) is 18.1. The number of nitrogens with one attached hydrogen (secondary N) is 4. The molecule has 2 aliphatic rings. The molecule has 4 N–H and O–H groups in total. The molecule has 472 valence electrons. The number of carbonyl (C=O) groups excluding carboxylic acids is 7. The predicted molar refractivity (Wildman–Crippen MR) is 328 cm³/mol. The van der Waals surface area contributed by atoms with Crippen LogP contribution >= 0.6 is 23.1 Å². The number of aldehydes is 1. The van der Waals surface area contributed by atoms with E-state index in [0.29, 0.717) is 75.4 Å². The zero-order chi connectivity index (χ0) is 64.2. The van der Waals surface area contributed by atoms with Crippen LogP contribution in [0, 0.1) is 0 Å². The number of ether oxygens (including phenoxy) is 5. The van der Waals surface area contributed by atoms with Gasteiger partial charge in [0.25, 0.3) is 5.91 Å². The fourth-order valence-electron chi connectivity index (χ4n) is 9.52. The van der Waals surface area contributed by atoms with E-state index in [9.17, 15) is 42.0 Å². The summed E-state index contributed by atoms with van der Waals surface area (Å²) in [6.07, 6.45) is 7.67. The molecule has 8 rings (SSSR count). The summed E-state index contributed by atoms with van der Waals surface area (Å²) in [6, 6.07) is 13.4. The van der Waals surface area contributed by atoms with Gasteiger partial charge in [-0.1, -0.05) is 47.3 Å². The normalized spacial score (nSPS) is 14.9. The summed E-state index contributed by atoms with van der Waals surface area (Å²) < 4.78 is 56.0. The first-order chi connectivity index (χ1) is 42.3. The minimum Gasteiger partial charge on any atom is -0.458 e. The van der Waals surface area contributed by atoms with Gasteiger partial charge in [0.1, 0.15) is 49.1 Å². The first-order valence-electron chi connectivity index (χ1n) is 27.9. The van der Waals surface area contributed by atoms with Gasteiger partial charge in [-0.05, 0) is 89.6 Å². The Bertz CT molecular complexity index is 3790. The van der Waals surface area contributed by atoms with E-state index in [0.717, 1.165) is 16.5 Å². The Morgan fingerprint density at radius 3 is 2.42 bits per heavy atom. The number of sulfonamides is 1. The summed E-state index contributed by atoms with van der Waals surface area (Å²) in [6.45, 7) is 9.95. The quantitative estimate of drug-likeness (QED) is 0.0225. The molecule has 27 nitrogen and oxygen atoms in total. The first kappa shape index (κ1) is 66.4. The molecule has 89 heavy (non-hydrogen) atoms. The number of pyridine rings is 1. The van der Waals surface area contributed by atoms with Crippen molar-refractivity contribution in [3.63, 3.8) is 0 Å². The molecule has 4 aromatic heterocycles. The third-order valence-corrected chi connectivity index (χ3v) is 16.7. The number of thiazole rings is 1. The van der Waals surface area contributed by atoms with Crippen LogP contribution in [0.5, 0.6) is 0 Å². The molecule has 4 amide bonds. The van der Waals surface area contributed by atoms with Crippen LogP contribution in [0.2, 0.25) is 0 Å². The second kappa shape index (κ2) is 29.2. The summed E-state index contributed by atoms with van der Waals surface area (Å²) in [5, 5.41) is 22.8. The summed E-state index contributed by atoms with van der Waals surface area (Å²) in [4.78, 5) is 110. The van der Waals surface area contributed by atoms with Crippen LogP contribution in [-0.2, 0) is 90.3 Å². The minimum absolute atomic E-state index is 0.0575. The topological polar surface area (TPSA) is 337 Å². The van der Waals surface area contributed by atoms with E-state index in [-0.39, 0.29) is 61.7 Å². The lowest BCUT2D eigenvalue weighted by Gasteiger charge is -2.32. The van der Waals surface area contributed by atoms with Gasteiger partial charge in [-0.3, -0.25) is 24.0 Å². The number of benzene rings is 2. The molecule has 30 heteroatoms. The molecule has 0 aliphatic carbocycles. The van der Waals surface area contributed by atoms with E-state index in [1.165, 1.54) is 45.8 Å². The van der Waals surface area contributed by atoms with Crippen molar-refractivity contribution in [1.82, 2.24) is 60.1 Å². The molecule has 1 atom stereocenters. The summed E-state index contributed by atoms with van der Waals surface area (Å²) in [5.74, 6) is -3.02. The van der Waals surface area contributed by atoms with Gasteiger partial charge >= 0.3 is 12.1 Å². The van der Waals surface area contributed by atoms with Crippen molar-refractivity contribution in [1.29, 1.82) is 0 Å². The van der Waals surface area contributed by atoms with Crippen LogP contribution in [0.3, 0.4) is 0 Å². The van der Waals surface area contributed by atoms with Gasteiger partial charge in [0, 0.05) is 77.3 Å². The predicted octanol–water partition coefficient (Wildman–Crippen LogP) is 4.63. The molecule has 0 saturated heterocycles. The zero-order valence-electron chi connectivity index (χ0n) is 50.5. The van der Waals surface area contributed by atoms with Crippen molar-refractivity contribution >= 4 is 97.4 Å². The van der Waals surface area contributed by atoms with E-state index in [4.69, 9.17) is 28.7 Å². The SMILES string of the molecule is CSc1ncc(-c2nc(C(=O)NCc3cn(CC(C)(C)OCC(C)(C)NC(=O)COCC(=O)NCC(=O)Nc4ccc(COC(=O)OC5C(=O)OCC(C=O)=C5/C=C5/c6nc7ccccc7c(CCN(C(C)C)S(C)(=O)=O)c6CN5C)cc4)nn3)cs2)cn1. The standard InChI is InChI=1S/C59H69N13O14S3/c1-35(2)72(89(9,80)81)19-18-41-42-12-10-11-13-45(42)65-51-44(41)26-70(7)47(51)20-43-38(27-73)29-83-55(78)52(43)86-57(79)84-28-36-14-16-39(17-15-36)64-48(74)24-60-49(75)30-82-31-50(76)67-58(3,4)34-85-59(5,6)33-71-25-40(68-69-71)23-61-53(77)46-32-88-54(66-46)37-21-62-56(87-8)63-22-37/h10-17,20-22,25,27,32,35,52H,18-19,23-24,26,28-31,33-34H2,1-9H3,(H,60,75)(H,61,77)(H,64,74)(H,67,76)/b47-20-. The average Bonchev–Trinajstić information content (AvgIpc) is 1.98. The number of anilines is 1. The van der Waals surface area contributed by atoms with Crippen molar-refractivity contribution in [2.75, 3.05) is 64.4 Å². The van der Waals surface area contributed by atoms with Gasteiger partial charge in [0.15, 0.2) is 5.16 Å². The Hall–Kier alpha value is -8.55. The maximum atomic E-state index is 13.2. The molecule has 2 aliphatic heterocycles. The van der Waals surface area contributed by atoms with Gasteiger partial charge in [-0.25, -0.2) is 42.6 Å². The van der Waals surface area contributed by atoms with Crippen LogP contribution in [0.15, 0.2) is 94.9 Å². The van der Waals surface area contributed by atoms with Crippen LogP contribution in [0.1, 0.15) is 80.1 Å². The van der Waals surface area contributed by atoms with Gasteiger partial charge in [0.05, 0.1) is 66.7 Å². The van der Waals surface area contributed by atoms with E-state index in [1.54, 1.807) is 60.7 Å². The highest BCUT2D eigenvalue weighted by molar-refractivity contribution is 7.98. The molecule has 6 heterocycles. The van der Waals surface area contributed by atoms with Crippen molar-refractivity contribution in [2.45, 2.75) is 103 Å². The number of hydrogen-bond donors (Lipinski definition) is 4. The van der Waals surface area contributed by atoms with Gasteiger partial charge in [-0.15, -0.1) is 16.4 Å². The average molecular weight is 1280 g/mol. The van der Waals surface area contributed by atoms with Crippen LogP contribution in [0.4, 0.5) is 10.5 Å². The highest BCUT2D eigenvalue weighted by atomic mass is 32.2. The third-order valence-electron chi connectivity index (χ3n) is 13.8. The number of thioether (sulfide) groups is 1. The number of amides is 4. The van der Waals surface area contributed by atoms with Crippen LogP contribution < -0.4 is 21.3 Å². The molecule has 2 aromatic carbocycles. The Labute approximate surface area is 521 Å². The Morgan fingerprint density at radius 2 is 1.71 bits per heavy atom. The number of fused-ring (bicyclic) bond motifs is 2. The number of cyclic esters (lactones) is 1. The van der Waals surface area contributed by atoms with Gasteiger partial charge in [-0.2, -0.15) is 4.31 Å². The fraction of sp³-hybridized carbons (Fsp3) is 0.407. The molecular weight excluding hydrogens is 1210 g/mol.